The first-order valence-corrected chi connectivity index (χ1v) is 5.46. The maximum Gasteiger partial charge on any atom is 0.104 e. The molecule has 1 rings (SSSR count). The predicted octanol–water partition coefficient (Wildman–Crippen LogP) is 0.467. The number of hydrogen-bond donors (Lipinski definition) is 2. The van der Waals surface area contributed by atoms with Gasteiger partial charge in [-0.05, 0) is 18.6 Å². The molecule has 1 saturated heterocycles. The van der Waals surface area contributed by atoms with Crippen LogP contribution in [0.5, 0.6) is 0 Å². The van der Waals surface area contributed by atoms with Crippen LogP contribution in [0.3, 0.4) is 0 Å². The molecule has 1 fully saturated rings. The SMILES string of the molecule is OCC#CCNC1CCCSC1. The Labute approximate surface area is 78.1 Å². The molecule has 1 aliphatic heterocycles. The summed E-state index contributed by atoms with van der Waals surface area (Å²) < 4.78 is 0. The highest BCUT2D eigenvalue weighted by Crippen LogP contribution is 2.16. The molecule has 0 bridgehead atoms. The molecule has 1 heterocycles. The molecule has 1 aliphatic rings. The molecule has 0 aromatic rings. The molecule has 2 nitrogen and oxygen atoms in total. The third kappa shape index (κ3) is 4.01. The van der Waals surface area contributed by atoms with Crippen molar-refractivity contribution in [1.82, 2.24) is 5.32 Å². The van der Waals surface area contributed by atoms with Gasteiger partial charge in [-0.15, -0.1) is 0 Å². The zero-order valence-electron chi connectivity index (χ0n) is 7.18. The number of aliphatic hydroxyl groups is 1. The molecule has 68 valence electrons. The molecule has 3 heteroatoms. The van der Waals surface area contributed by atoms with Crippen LogP contribution in [0.1, 0.15) is 12.8 Å². The zero-order chi connectivity index (χ0) is 8.65. The van der Waals surface area contributed by atoms with E-state index in [9.17, 15) is 0 Å². The smallest absolute Gasteiger partial charge is 0.104 e. The van der Waals surface area contributed by atoms with E-state index in [4.69, 9.17) is 5.11 Å². The van der Waals surface area contributed by atoms with Crippen LogP contribution in [0.4, 0.5) is 0 Å². The van der Waals surface area contributed by atoms with Crippen molar-refractivity contribution in [2.75, 3.05) is 24.7 Å². The summed E-state index contributed by atoms with van der Waals surface area (Å²) in [4.78, 5) is 0. The minimum absolute atomic E-state index is 0.0267. The number of hydrogen-bond acceptors (Lipinski definition) is 3. The zero-order valence-corrected chi connectivity index (χ0v) is 7.99. The number of thioether (sulfide) groups is 1. The molecule has 0 amide bonds. The molecule has 12 heavy (non-hydrogen) atoms. The van der Waals surface area contributed by atoms with Crippen LogP contribution in [-0.2, 0) is 0 Å². The Hall–Kier alpha value is -0.170. The largest absolute Gasteiger partial charge is 0.384 e. The lowest BCUT2D eigenvalue weighted by molar-refractivity contribution is 0.350. The van der Waals surface area contributed by atoms with Crippen molar-refractivity contribution in [3.63, 3.8) is 0 Å². The Morgan fingerprint density at radius 2 is 2.42 bits per heavy atom. The highest BCUT2D eigenvalue weighted by atomic mass is 32.2. The van der Waals surface area contributed by atoms with E-state index in [0.29, 0.717) is 12.6 Å². The first kappa shape index (κ1) is 9.91. The fraction of sp³-hybridized carbons (Fsp3) is 0.778. The van der Waals surface area contributed by atoms with Crippen molar-refractivity contribution < 1.29 is 5.11 Å². The summed E-state index contributed by atoms with van der Waals surface area (Å²) in [7, 11) is 0. The molecular formula is C9H15NOS. The Balaban J connectivity index is 2.05. The normalized spacial score (nSPS) is 22.9. The summed E-state index contributed by atoms with van der Waals surface area (Å²) in [5.41, 5.74) is 0. The predicted molar refractivity (Wildman–Crippen MR) is 53.2 cm³/mol. The van der Waals surface area contributed by atoms with Crippen molar-refractivity contribution in [1.29, 1.82) is 0 Å². The van der Waals surface area contributed by atoms with E-state index < -0.39 is 0 Å². The Bertz CT molecular complexity index is 167. The minimum atomic E-state index is -0.0267. The topological polar surface area (TPSA) is 32.3 Å². The van der Waals surface area contributed by atoms with Gasteiger partial charge in [-0.3, -0.25) is 0 Å². The molecular weight excluding hydrogens is 170 g/mol. The molecule has 0 aliphatic carbocycles. The van der Waals surface area contributed by atoms with Gasteiger partial charge in [0.2, 0.25) is 0 Å². The summed E-state index contributed by atoms with van der Waals surface area (Å²) in [5.74, 6) is 8.00. The van der Waals surface area contributed by atoms with Crippen LogP contribution in [0.2, 0.25) is 0 Å². The Morgan fingerprint density at radius 3 is 3.08 bits per heavy atom. The highest BCUT2D eigenvalue weighted by molar-refractivity contribution is 7.99. The van der Waals surface area contributed by atoms with Gasteiger partial charge in [-0.25, -0.2) is 0 Å². The fourth-order valence-corrected chi connectivity index (χ4v) is 2.32. The summed E-state index contributed by atoms with van der Waals surface area (Å²) >= 11 is 2.01. The lowest BCUT2D eigenvalue weighted by Crippen LogP contribution is -2.33. The van der Waals surface area contributed by atoms with Gasteiger partial charge in [0.15, 0.2) is 0 Å². The number of nitrogens with one attached hydrogen (secondary N) is 1. The van der Waals surface area contributed by atoms with Gasteiger partial charge in [0.05, 0.1) is 6.54 Å². The standard InChI is InChI=1S/C9H15NOS/c11-6-2-1-5-10-9-4-3-7-12-8-9/h9-11H,3-8H2. The molecule has 1 atom stereocenters. The minimum Gasteiger partial charge on any atom is -0.384 e. The van der Waals surface area contributed by atoms with E-state index >= 15 is 0 Å². The van der Waals surface area contributed by atoms with Gasteiger partial charge < -0.3 is 10.4 Å². The van der Waals surface area contributed by atoms with Crippen molar-refractivity contribution in [3.05, 3.63) is 0 Å². The van der Waals surface area contributed by atoms with E-state index in [2.05, 4.69) is 17.2 Å². The van der Waals surface area contributed by atoms with E-state index in [1.807, 2.05) is 11.8 Å². The van der Waals surface area contributed by atoms with Gasteiger partial charge in [0.1, 0.15) is 6.61 Å². The van der Waals surface area contributed by atoms with Crippen LogP contribution >= 0.6 is 11.8 Å². The van der Waals surface area contributed by atoms with Crippen molar-refractivity contribution in [2.45, 2.75) is 18.9 Å². The third-order valence-electron chi connectivity index (χ3n) is 1.84. The van der Waals surface area contributed by atoms with Crippen LogP contribution in [0.15, 0.2) is 0 Å². The van der Waals surface area contributed by atoms with Gasteiger partial charge in [-0.1, -0.05) is 11.8 Å². The molecule has 0 saturated carbocycles. The average Bonchev–Trinajstić information content (AvgIpc) is 2.14. The molecule has 0 spiro atoms. The molecule has 0 radical (unpaired) electrons. The van der Waals surface area contributed by atoms with Gasteiger partial charge in [0, 0.05) is 11.8 Å². The van der Waals surface area contributed by atoms with E-state index in [0.717, 1.165) is 0 Å². The number of aliphatic hydroxyl groups excluding tert-OH is 1. The molecule has 1 unspecified atom stereocenters. The maximum absolute atomic E-state index is 8.40. The number of rotatable bonds is 2. The van der Waals surface area contributed by atoms with Crippen LogP contribution in [-0.4, -0.2) is 35.8 Å². The lowest BCUT2D eigenvalue weighted by Gasteiger charge is -2.21. The van der Waals surface area contributed by atoms with Crippen LogP contribution in [0, 0.1) is 11.8 Å². The Morgan fingerprint density at radius 1 is 1.50 bits per heavy atom. The second-order valence-electron chi connectivity index (χ2n) is 2.81. The average molecular weight is 185 g/mol. The van der Waals surface area contributed by atoms with Gasteiger partial charge in [-0.2, -0.15) is 11.8 Å². The first-order valence-electron chi connectivity index (χ1n) is 4.31. The summed E-state index contributed by atoms with van der Waals surface area (Å²) in [6.45, 7) is 0.687. The maximum atomic E-state index is 8.40. The second-order valence-corrected chi connectivity index (χ2v) is 3.96. The van der Waals surface area contributed by atoms with Crippen molar-refractivity contribution in [2.24, 2.45) is 0 Å². The van der Waals surface area contributed by atoms with E-state index in [1.165, 1.54) is 24.3 Å². The molecule has 0 aromatic carbocycles. The van der Waals surface area contributed by atoms with Crippen molar-refractivity contribution >= 4 is 11.8 Å². The fourth-order valence-electron chi connectivity index (χ4n) is 1.22. The quantitative estimate of drug-likeness (QED) is 0.613. The Kier molecular flexibility index (Phi) is 5.25. The van der Waals surface area contributed by atoms with Crippen molar-refractivity contribution in [3.8, 4) is 11.8 Å². The highest BCUT2D eigenvalue weighted by Gasteiger charge is 2.11. The lowest BCUT2D eigenvalue weighted by atomic mass is 10.2. The monoisotopic (exact) mass is 185 g/mol. The summed E-state index contributed by atoms with van der Waals surface area (Å²) in [5, 5.41) is 11.7. The van der Waals surface area contributed by atoms with E-state index in [1.54, 1.807) is 0 Å². The van der Waals surface area contributed by atoms with Gasteiger partial charge in [0.25, 0.3) is 0 Å². The first-order chi connectivity index (χ1) is 5.93. The summed E-state index contributed by atoms with van der Waals surface area (Å²) in [6.07, 6.45) is 2.59. The van der Waals surface area contributed by atoms with E-state index in [-0.39, 0.29) is 6.61 Å². The van der Waals surface area contributed by atoms with Gasteiger partial charge >= 0.3 is 0 Å². The van der Waals surface area contributed by atoms with Crippen LogP contribution in [0.25, 0.3) is 0 Å². The summed E-state index contributed by atoms with van der Waals surface area (Å²) in [6, 6.07) is 0.636. The molecule has 2 N–H and O–H groups in total. The van der Waals surface area contributed by atoms with Crippen LogP contribution < -0.4 is 5.32 Å². The second kappa shape index (κ2) is 6.36. The molecule has 0 aromatic heterocycles. The third-order valence-corrected chi connectivity index (χ3v) is 3.06.